The highest BCUT2D eigenvalue weighted by molar-refractivity contribution is 7.87. The van der Waals surface area contributed by atoms with Crippen LogP contribution in [0.5, 0.6) is 0 Å². The number of carbonyl (C=O) groups is 1. The van der Waals surface area contributed by atoms with Gasteiger partial charge in [0, 0.05) is 33.2 Å². The Morgan fingerprint density at radius 2 is 1.71 bits per heavy atom. The molecule has 0 aliphatic rings. The van der Waals surface area contributed by atoms with Crippen LogP contribution in [0, 0.1) is 0 Å². The van der Waals surface area contributed by atoms with Crippen molar-refractivity contribution in [1.29, 1.82) is 0 Å². The summed E-state index contributed by atoms with van der Waals surface area (Å²) in [5.41, 5.74) is 4.78. The lowest BCUT2D eigenvalue weighted by atomic mass is 9.96. The second-order valence-corrected chi connectivity index (χ2v) is 12.4. The SMILES string of the molecule is CCCCc1c(Cc2ccc(-c3ccccc3C(=O)OC(C)(C)C)cc2)c(COC)nn1S(=O)(=O)N(C)C. The lowest BCUT2D eigenvalue weighted by Gasteiger charge is -2.20. The van der Waals surface area contributed by atoms with E-state index >= 15 is 0 Å². The minimum atomic E-state index is -3.78. The summed E-state index contributed by atoms with van der Waals surface area (Å²) in [6, 6.07) is 15.3. The molecule has 0 N–H and O–H groups in total. The number of methoxy groups -OCH3 is 1. The van der Waals surface area contributed by atoms with Crippen LogP contribution in [-0.2, 0) is 39.1 Å². The van der Waals surface area contributed by atoms with Gasteiger partial charge < -0.3 is 9.47 Å². The lowest BCUT2D eigenvalue weighted by molar-refractivity contribution is 0.00704. The Bertz CT molecular complexity index is 1350. The summed E-state index contributed by atoms with van der Waals surface area (Å²) in [5.74, 6) is -0.364. The first-order chi connectivity index (χ1) is 17.9. The summed E-state index contributed by atoms with van der Waals surface area (Å²) in [6.07, 6.45) is 2.87. The van der Waals surface area contributed by atoms with Gasteiger partial charge in [-0.15, -0.1) is 4.09 Å². The zero-order chi connectivity index (χ0) is 28.1. The van der Waals surface area contributed by atoms with E-state index in [0.717, 1.165) is 39.2 Å². The fourth-order valence-electron chi connectivity index (χ4n) is 4.16. The molecule has 206 valence electrons. The van der Waals surface area contributed by atoms with E-state index in [9.17, 15) is 13.2 Å². The van der Waals surface area contributed by atoms with E-state index in [4.69, 9.17) is 9.47 Å². The van der Waals surface area contributed by atoms with E-state index in [2.05, 4.69) is 12.0 Å². The predicted octanol–water partition coefficient (Wildman–Crippen LogP) is 5.24. The number of unbranched alkanes of at least 4 members (excludes halogenated alkanes) is 1. The van der Waals surface area contributed by atoms with Crippen LogP contribution in [0.1, 0.15) is 73.4 Å². The van der Waals surface area contributed by atoms with Crippen LogP contribution >= 0.6 is 0 Å². The van der Waals surface area contributed by atoms with Crippen molar-refractivity contribution in [3.8, 4) is 11.1 Å². The van der Waals surface area contributed by atoms with Crippen LogP contribution in [0.2, 0.25) is 0 Å². The molecular formula is C29H39N3O5S. The number of carbonyl (C=O) groups excluding carboxylic acids is 1. The molecule has 2 aromatic carbocycles. The Morgan fingerprint density at radius 3 is 2.29 bits per heavy atom. The van der Waals surface area contributed by atoms with Gasteiger partial charge in [-0.05, 0) is 56.4 Å². The first kappa shape index (κ1) is 29.5. The van der Waals surface area contributed by atoms with Crippen LogP contribution in [0.4, 0.5) is 0 Å². The van der Waals surface area contributed by atoms with Gasteiger partial charge in [-0.1, -0.05) is 55.8 Å². The summed E-state index contributed by atoms with van der Waals surface area (Å²) in [6.45, 7) is 7.83. The molecule has 0 fully saturated rings. The maximum atomic E-state index is 13.1. The van der Waals surface area contributed by atoms with Crippen molar-refractivity contribution in [2.24, 2.45) is 0 Å². The average molecular weight is 542 g/mol. The van der Waals surface area contributed by atoms with Crippen molar-refractivity contribution >= 4 is 16.2 Å². The van der Waals surface area contributed by atoms with Crippen LogP contribution < -0.4 is 0 Å². The maximum Gasteiger partial charge on any atom is 0.339 e. The number of benzene rings is 2. The third-order valence-corrected chi connectivity index (χ3v) is 7.72. The Kier molecular flexibility index (Phi) is 9.51. The van der Waals surface area contributed by atoms with Gasteiger partial charge in [0.1, 0.15) is 5.60 Å². The maximum absolute atomic E-state index is 13.1. The second kappa shape index (κ2) is 12.2. The molecule has 1 aromatic heterocycles. The molecule has 0 radical (unpaired) electrons. The summed E-state index contributed by atoms with van der Waals surface area (Å²) >= 11 is 0. The molecular weight excluding hydrogens is 502 g/mol. The quantitative estimate of drug-likeness (QED) is 0.309. The van der Waals surface area contributed by atoms with Crippen molar-refractivity contribution in [3.05, 3.63) is 76.6 Å². The average Bonchev–Trinajstić information content (AvgIpc) is 3.19. The van der Waals surface area contributed by atoms with Crippen molar-refractivity contribution in [2.75, 3.05) is 21.2 Å². The van der Waals surface area contributed by atoms with Crippen LogP contribution in [0.25, 0.3) is 11.1 Å². The standard InChI is InChI=1S/C29H39N3O5S/c1-8-9-14-27-25(26(20-36-7)30-32(27)38(34,35)31(5)6)19-21-15-17-22(18-16-21)23-12-10-11-13-24(23)28(33)37-29(2,3)4/h10-13,15-18H,8-9,14,19-20H2,1-7H3. The van der Waals surface area contributed by atoms with Crippen molar-refractivity contribution < 1.29 is 22.7 Å². The minimum Gasteiger partial charge on any atom is -0.456 e. The van der Waals surface area contributed by atoms with Crippen molar-refractivity contribution in [3.63, 3.8) is 0 Å². The lowest BCUT2D eigenvalue weighted by Crippen LogP contribution is -2.31. The van der Waals surface area contributed by atoms with Gasteiger partial charge in [-0.3, -0.25) is 0 Å². The number of hydrogen-bond acceptors (Lipinski definition) is 6. The fourth-order valence-corrected chi connectivity index (χ4v) is 5.15. The molecule has 0 saturated heterocycles. The van der Waals surface area contributed by atoms with Gasteiger partial charge in [0.25, 0.3) is 0 Å². The second-order valence-electron chi connectivity index (χ2n) is 10.5. The highest BCUT2D eigenvalue weighted by Crippen LogP contribution is 2.28. The largest absolute Gasteiger partial charge is 0.456 e. The smallest absolute Gasteiger partial charge is 0.339 e. The Hall–Kier alpha value is -3.01. The molecule has 38 heavy (non-hydrogen) atoms. The van der Waals surface area contributed by atoms with Gasteiger partial charge in [0.15, 0.2) is 0 Å². The molecule has 3 rings (SSSR count). The Balaban J connectivity index is 2.00. The summed E-state index contributed by atoms with van der Waals surface area (Å²) in [7, 11) is 0.804. The summed E-state index contributed by atoms with van der Waals surface area (Å²) in [4.78, 5) is 12.8. The summed E-state index contributed by atoms with van der Waals surface area (Å²) in [5, 5.41) is 4.48. The third kappa shape index (κ3) is 6.89. The number of nitrogens with zero attached hydrogens (tertiary/aromatic N) is 3. The van der Waals surface area contributed by atoms with Gasteiger partial charge in [0.2, 0.25) is 0 Å². The van der Waals surface area contributed by atoms with Crippen molar-refractivity contribution in [2.45, 2.75) is 65.6 Å². The molecule has 9 heteroatoms. The third-order valence-electron chi connectivity index (χ3n) is 6.06. The highest BCUT2D eigenvalue weighted by atomic mass is 32.2. The fraction of sp³-hybridized carbons (Fsp3) is 0.448. The van der Waals surface area contributed by atoms with E-state index in [1.165, 1.54) is 18.4 Å². The predicted molar refractivity (Wildman–Crippen MR) is 149 cm³/mol. The molecule has 0 amide bonds. The number of hydrogen-bond donors (Lipinski definition) is 0. The molecule has 3 aromatic rings. The molecule has 0 saturated carbocycles. The van der Waals surface area contributed by atoms with E-state index < -0.39 is 15.8 Å². The van der Waals surface area contributed by atoms with Gasteiger partial charge in [-0.2, -0.15) is 17.8 Å². The van der Waals surface area contributed by atoms with Gasteiger partial charge >= 0.3 is 16.2 Å². The topological polar surface area (TPSA) is 90.7 Å². The molecule has 1 heterocycles. The van der Waals surface area contributed by atoms with Crippen LogP contribution in [0.3, 0.4) is 0 Å². The number of aromatic nitrogens is 2. The normalized spacial score (nSPS) is 12.2. The number of rotatable bonds is 11. The monoisotopic (exact) mass is 541 g/mol. The molecule has 0 aliphatic heterocycles. The molecule has 0 aliphatic carbocycles. The van der Waals surface area contributed by atoms with E-state index in [1.54, 1.807) is 13.2 Å². The first-order valence-corrected chi connectivity index (χ1v) is 14.2. The summed E-state index contributed by atoms with van der Waals surface area (Å²) < 4.78 is 39.4. The van der Waals surface area contributed by atoms with E-state index in [0.29, 0.717) is 29.8 Å². The molecule has 0 atom stereocenters. The molecule has 8 nitrogen and oxygen atoms in total. The van der Waals surface area contributed by atoms with Gasteiger partial charge in [-0.25, -0.2) is 4.79 Å². The number of esters is 1. The molecule has 0 spiro atoms. The van der Waals surface area contributed by atoms with E-state index in [1.807, 2.05) is 63.2 Å². The van der Waals surface area contributed by atoms with Gasteiger partial charge in [0.05, 0.1) is 23.6 Å². The van der Waals surface area contributed by atoms with E-state index in [-0.39, 0.29) is 12.6 Å². The van der Waals surface area contributed by atoms with Crippen LogP contribution in [-0.4, -0.2) is 54.7 Å². The van der Waals surface area contributed by atoms with Crippen molar-refractivity contribution in [1.82, 2.24) is 13.5 Å². The molecule has 0 unspecified atom stereocenters. The first-order valence-electron chi connectivity index (χ1n) is 12.8. The highest BCUT2D eigenvalue weighted by Gasteiger charge is 2.27. The Labute approximate surface area is 226 Å². The molecule has 0 bridgehead atoms. The minimum absolute atomic E-state index is 0.214. The Morgan fingerprint density at radius 1 is 1.05 bits per heavy atom. The van der Waals surface area contributed by atoms with Crippen LogP contribution in [0.15, 0.2) is 48.5 Å². The zero-order valence-electron chi connectivity index (χ0n) is 23.4. The number of ether oxygens (including phenoxy) is 2. The zero-order valence-corrected chi connectivity index (χ0v) is 24.3.